The Morgan fingerprint density at radius 3 is 1.87 bits per heavy atom. The van der Waals surface area contributed by atoms with Crippen LogP contribution in [0.4, 0.5) is 0 Å². The molecule has 1 heterocycles. The van der Waals surface area contributed by atoms with Crippen molar-refractivity contribution in [3.63, 3.8) is 0 Å². The minimum atomic E-state index is -2.01. The maximum atomic E-state index is 5.44. The molecule has 0 aromatic heterocycles. The molecular formula is C20H41NOSn. The third kappa shape index (κ3) is 9.50. The van der Waals surface area contributed by atoms with Gasteiger partial charge in [-0.3, -0.25) is 0 Å². The Hall–Kier alpha value is 0.459. The average Bonchev–Trinajstić information content (AvgIpc) is 2.60. The van der Waals surface area contributed by atoms with Gasteiger partial charge in [-0.15, -0.1) is 0 Å². The van der Waals surface area contributed by atoms with Crippen LogP contribution in [0.1, 0.15) is 65.7 Å². The second-order valence-corrected chi connectivity index (χ2v) is 20.3. The summed E-state index contributed by atoms with van der Waals surface area (Å²) in [6.07, 6.45) is 12.4. The standard InChI is InChI=1S/C8H14NO.3C4H9.Sn/c1-2-3-4-9-5-7-10-8-6-9;3*1-3-4-2;/h1-2H,3-8H2;3*1,3-4H2,2H3;. The number of unbranched alkanes of at least 4 members (excludes halogenated alkanes) is 3. The van der Waals surface area contributed by atoms with Gasteiger partial charge in [0.05, 0.1) is 0 Å². The fourth-order valence-electron chi connectivity index (χ4n) is 3.63. The van der Waals surface area contributed by atoms with E-state index in [0.717, 1.165) is 26.3 Å². The molecule has 0 unspecified atom stereocenters. The number of hydrogen-bond acceptors (Lipinski definition) is 2. The van der Waals surface area contributed by atoms with Crippen LogP contribution < -0.4 is 0 Å². The second-order valence-electron chi connectivity index (χ2n) is 7.32. The minimum absolute atomic E-state index is 0.927. The zero-order chi connectivity index (χ0) is 16.8. The van der Waals surface area contributed by atoms with Crippen LogP contribution in [0.15, 0.2) is 10.2 Å². The van der Waals surface area contributed by atoms with E-state index in [2.05, 4.69) is 35.8 Å². The molecular weight excluding hydrogens is 389 g/mol. The molecule has 3 heteroatoms. The van der Waals surface area contributed by atoms with E-state index in [4.69, 9.17) is 4.74 Å². The van der Waals surface area contributed by atoms with Crippen molar-refractivity contribution < 1.29 is 4.74 Å². The van der Waals surface area contributed by atoms with E-state index in [1.54, 1.807) is 13.3 Å². The van der Waals surface area contributed by atoms with Gasteiger partial charge >= 0.3 is 150 Å². The van der Waals surface area contributed by atoms with E-state index in [1.807, 2.05) is 0 Å². The molecule has 2 nitrogen and oxygen atoms in total. The van der Waals surface area contributed by atoms with Gasteiger partial charge in [0.15, 0.2) is 0 Å². The molecule has 0 radical (unpaired) electrons. The van der Waals surface area contributed by atoms with Crippen LogP contribution in [-0.2, 0) is 4.74 Å². The molecule has 0 aromatic carbocycles. The third-order valence-electron chi connectivity index (χ3n) is 5.27. The number of nitrogens with zero attached hydrogens (tertiary/aromatic N) is 1. The molecule has 0 spiro atoms. The summed E-state index contributed by atoms with van der Waals surface area (Å²) >= 11 is -2.01. The monoisotopic (exact) mass is 431 g/mol. The van der Waals surface area contributed by atoms with E-state index in [0.29, 0.717) is 0 Å². The van der Waals surface area contributed by atoms with E-state index >= 15 is 0 Å². The van der Waals surface area contributed by atoms with Crippen LogP contribution in [0.2, 0.25) is 13.3 Å². The topological polar surface area (TPSA) is 12.5 Å². The average molecular weight is 430 g/mol. The Balaban J connectivity index is 2.53. The van der Waals surface area contributed by atoms with Crippen LogP contribution in [0.5, 0.6) is 0 Å². The first kappa shape index (κ1) is 21.5. The Bertz CT molecular complexity index is 278. The molecule has 1 aliphatic heterocycles. The summed E-state index contributed by atoms with van der Waals surface area (Å²) in [5.41, 5.74) is 0. The van der Waals surface area contributed by atoms with Crippen LogP contribution in [-0.4, -0.2) is 56.1 Å². The number of morpholine rings is 1. The number of rotatable bonds is 13. The molecule has 0 bridgehead atoms. The Morgan fingerprint density at radius 1 is 0.870 bits per heavy atom. The van der Waals surface area contributed by atoms with Crippen molar-refractivity contribution in [3.05, 3.63) is 10.2 Å². The molecule has 0 atom stereocenters. The predicted octanol–water partition coefficient (Wildman–Crippen LogP) is 5.65. The van der Waals surface area contributed by atoms with Crippen LogP contribution in [0.25, 0.3) is 0 Å². The Kier molecular flexibility index (Phi) is 12.8. The number of ether oxygens (including phenoxy) is 1. The number of hydrogen-bond donors (Lipinski definition) is 0. The van der Waals surface area contributed by atoms with E-state index in [-0.39, 0.29) is 0 Å². The summed E-state index contributed by atoms with van der Waals surface area (Å²) in [7, 11) is 0. The van der Waals surface area contributed by atoms with Gasteiger partial charge in [0.2, 0.25) is 0 Å². The Labute approximate surface area is 149 Å². The Morgan fingerprint density at radius 2 is 1.39 bits per heavy atom. The van der Waals surface area contributed by atoms with Crippen LogP contribution in [0, 0.1) is 0 Å². The molecule has 0 aromatic rings. The molecule has 0 saturated carbocycles. The second kappa shape index (κ2) is 13.7. The van der Waals surface area contributed by atoms with Gasteiger partial charge in [0, 0.05) is 0 Å². The van der Waals surface area contributed by atoms with E-state index < -0.39 is 18.4 Å². The van der Waals surface area contributed by atoms with E-state index in [9.17, 15) is 0 Å². The summed E-state index contributed by atoms with van der Waals surface area (Å²) in [6, 6.07) is 0. The molecule has 1 fully saturated rings. The van der Waals surface area contributed by atoms with E-state index in [1.165, 1.54) is 51.5 Å². The van der Waals surface area contributed by atoms with Gasteiger partial charge in [-0.05, 0) is 0 Å². The summed E-state index contributed by atoms with van der Waals surface area (Å²) < 4.78 is 13.1. The first-order chi connectivity index (χ1) is 11.3. The summed E-state index contributed by atoms with van der Waals surface area (Å²) in [4.78, 5) is 2.56. The van der Waals surface area contributed by atoms with Gasteiger partial charge < -0.3 is 0 Å². The van der Waals surface area contributed by atoms with Crippen molar-refractivity contribution in [2.24, 2.45) is 0 Å². The van der Waals surface area contributed by atoms with Gasteiger partial charge in [-0.2, -0.15) is 0 Å². The van der Waals surface area contributed by atoms with Crippen molar-refractivity contribution >= 4 is 18.4 Å². The van der Waals surface area contributed by atoms with Crippen LogP contribution >= 0.6 is 0 Å². The van der Waals surface area contributed by atoms with Crippen molar-refractivity contribution in [1.29, 1.82) is 0 Å². The zero-order valence-corrected chi connectivity index (χ0v) is 19.0. The predicted molar refractivity (Wildman–Crippen MR) is 106 cm³/mol. The molecule has 1 rings (SSSR count). The molecule has 136 valence electrons. The summed E-state index contributed by atoms with van der Waals surface area (Å²) in [5.74, 6) is 0. The fourth-order valence-corrected chi connectivity index (χ4v) is 18.2. The molecule has 0 aliphatic carbocycles. The van der Waals surface area contributed by atoms with Crippen molar-refractivity contribution in [2.45, 2.75) is 79.0 Å². The molecule has 0 N–H and O–H groups in total. The summed E-state index contributed by atoms with van der Waals surface area (Å²) in [5, 5.41) is 0. The first-order valence-electron chi connectivity index (χ1n) is 10.2. The molecule has 23 heavy (non-hydrogen) atoms. The molecule has 1 saturated heterocycles. The first-order valence-corrected chi connectivity index (χ1v) is 17.9. The maximum absolute atomic E-state index is 5.44. The third-order valence-corrected chi connectivity index (χ3v) is 19.5. The fraction of sp³-hybridized carbons (Fsp3) is 0.900. The quantitative estimate of drug-likeness (QED) is 0.350. The van der Waals surface area contributed by atoms with Gasteiger partial charge in [-0.25, -0.2) is 0 Å². The van der Waals surface area contributed by atoms with Crippen molar-refractivity contribution in [2.75, 3.05) is 32.8 Å². The van der Waals surface area contributed by atoms with Crippen molar-refractivity contribution in [3.8, 4) is 0 Å². The van der Waals surface area contributed by atoms with Gasteiger partial charge in [-0.1, -0.05) is 0 Å². The van der Waals surface area contributed by atoms with Gasteiger partial charge in [0.25, 0.3) is 0 Å². The zero-order valence-electron chi connectivity index (χ0n) is 16.1. The van der Waals surface area contributed by atoms with Gasteiger partial charge in [0.1, 0.15) is 0 Å². The molecule has 1 aliphatic rings. The normalized spacial score (nSPS) is 17.2. The summed E-state index contributed by atoms with van der Waals surface area (Å²) in [6.45, 7) is 12.4. The van der Waals surface area contributed by atoms with Crippen LogP contribution in [0.3, 0.4) is 0 Å². The SMILES string of the molecule is CCC[CH2][Sn](/[CH]=C/CCN1CCOCC1)([CH2]CCC)[CH2]CCC. The molecule has 0 amide bonds. The van der Waals surface area contributed by atoms with Crippen molar-refractivity contribution in [1.82, 2.24) is 4.90 Å².